The molecule has 6 heteroatoms. The van der Waals surface area contributed by atoms with Crippen LogP contribution in [0.1, 0.15) is 0 Å². The van der Waals surface area contributed by atoms with Crippen LogP contribution >= 0.6 is 9.24 Å². The van der Waals surface area contributed by atoms with E-state index in [0.717, 1.165) is 39.3 Å². The lowest BCUT2D eigenvalue weighted by atomic mass is 10.0. The number of Topliss-reactive ketones (excluding diaryl/α,β-unsaturated/α-hetero) is 1. The number of hydrogen-bond donors (Lipinski definition) is 0. The van der Waals surface area contributed by atoms with Crippen LogP contribution in [0.3, 0.4) is 0 Å². The standard InChI is InChI=1S/C12H13N3O2.C10H9P/c16-9-7-8(13-1-2-13)12(17)11(15-5-6-15)10(9)14-3-4-14;11-10-7-3-5-8-4-1-2-6-9(8)10/h7H,1-6H2;1-7H,11H2. The van der Waals surface area contributed by atoms with Gasteiger partial charge in [-0.3, -0.25) is 9.59 Å². The summed E-state index contributed by atoms with van der Waals surface area (Å²) in [5, 5.41) is 3.89. The molecule has 2 aromatic carbocycles. The second-order valence-corrected chi connectivity index (χ2v) is 8.07. The van der Waals surface area contributed by atoms with E-state index in [1.165, 1.54) is 22.2 Å². The Labute approximate surface area is 166 Å². The number of allylic oxidation sites excluding steroid dienone is 1. The van der Waals surface area contributed by atoms with Gasteiger partial charge in [0.25, 0.3) is 0 Å². The molecule has 6 rings (SSSR count). The average molecular weight is 391 g/mol. The fourth-order valence-electron chi connectivity index (χ4n) is 3.53. The van der Waals surface area contributed by atoms with Gasteiger partial charge in [0.15, 0.2) is 0 Å². The number of fused-ring (bicyclic) bond motifs is 1. The van der Waals surface area contributed by atoms with E-state index in [2.05, 4.69) is 51.7 Å². The molecule has 0 aromatic heterocycles. The van der Waals surface area contributed by atoms with Crippen molar-refractivity contribution in [3.63, 3.8) is 0 Å². The maximum absolute atomic E-state index is 12.4. The number of rotatable bonds is 3. The topological polar surface area (TPSA) is 43.2 Å². The Morgan fingerprint density at radius 3 is 1.96 bits per heavy atom. The molecule has 28 heavy (non-hydrogen) atoms. The third kappa shape index (κ3) is 3.31. The van der Waals surface area contributed by atoms with Crippen LogP contribution in [0.25, 0.3) is 10.8 Å². The first-order valence-electron chi connectivity index (χ1n) is 9.66. The molecule has 5 nitrogen and oxygen atoms in total. The molecule has 2 aromatic rings. The Hall–Kier alpha value is -2.65. The van der Waals surface area contributed by atoms with Gasteiger partial charge in [-0.25, -0.2) is 0 Å². The lowest BCUT2D eigenvalue weighted by molar-refractivity contribution is -0.117. The first-order valence-corrected chi connectivity index (χ1v) is 10.2. The minimum Gasteiger partial charge on any atom is -0.365 e. The molecule has 1 unspecified atom stereocenters. The van der Waals surface area contributed by atoms with Crippen molar-refractivity contribution >= 4 is 36.9 Å². The van der Waals surface area contributed by atoms with Crippen molar-refractivity contribution in [2.75, 3.05) is 39.3 Å². The van der Waals surface area contributed by atoms with Crippen molar-refractivity contribution in [3.05, 3.63) is 65.6 Å². The van der Waals surface area contributed by atoms with E-state index in [4.69, 9.17) is 0 Å². The van der Waals surface area contributed by atoms with Crippen molar-refractivity contribution in [1.29, 1.82) is 0 Å². The maximum atomic E-state index is 12.4. The predicted octanol–water partition coefficient (Wildman–Crippen LogP) is 1.52. The SMILES string of the molecule is O=C1C=C(N2CC2)C(=O)C(N2CC2)=C1N1CC1.Pc1cccc2ccccc12. The fourth-order valence-corrected chi connectivity index (χ4v) is 3.90. The number of ketones is 2. The molecule has 3 fully saturated rings. The molecule has 3 heterocycles. The Bertz CT molecular complexity index is 1040. The van der Waals surface area contributed by atoms with E-state index >= 15 is 0 Å². The molecule has 0 saturated carbocycles. The molecule has 1 atom stereocenters. The van der Waals surface area contributed by atoms with E-state index in [1.54, 1.807) is 0 Å². The first-order chi connectivity index (χ1) is 13.6. The molecular weight excluding hydrogens is 369 g/mol. The smallest absolute Gasteiger partial charge is 0.227 e. The molecule has 0 N–H and O–H groups in total. The molecule has 0 radical (unpaired) electrons. The zero-order valence-electron chi connectivity index (χ0n) is 15.6. The summed E-state index contributed by atoms with van der Waals surface area (Å²) in [4.78, 5) is 30.5. The van der Waals surface area contributed by atoms with Gasteiger partial charge in [0, 0.05) is 45.3 Å². The summed E-state index contributed by atoms with van der Waals surface area (Å²) in [7, 11) is 2.74. The van der Waals surface area contributed by atoms with Gasteiger partial charge in [-0.2, -0.15) is 0 Å². The lowest BCUT2D eigenvalue weighted by Gasteiger charge is -2.21. The van der Waals surface area contributed by atoms with Gasteiger partial charge in [0.05, 0.1) is 5.70 Å². The van der Waals surface area contributed by atoms with E-state index in [0.29, 0.717) is 17.1 Å². The highest BCUT2D eigenvalue weighted by molar-refractivity contribution is 7.28. The highest BCUT2D eigenvalue weighted by Gasteiger charge is 2.43. The van der Waals surface area contributed by atoms with Crippen LogP contribution in [-0.2, 0) is 9.59 Å². The van der Waals surface area contributed by atoms with Crippen LogP contribution in [-0.4, -0.2) is 65.5 Å². The Kier molecular flexibility index (Phi) is 4.21. The molecule has 0 bridgehead atoms. The summed E-state index contributed by atoms with van der Waals surface area (Å²) in [6.07, 6.45) is 1.52. The number of carbonyl (C=O) groups excluding carboxylic acids is 2. The monoisotopic (exact) mass is 391 g/mol. The second kappa shape index (κ2) is 6.75. The summed E-state index contributed by atoms with van der Waals surface area (Å²) in [5.74, 6) is 0.0485. The number of nitrogens with zero attached hydrogens (tertiary/aromatic N) is 3. The normalized spacial score (nSPS) is 20.2. The minimum atomic E-state index is 0.00546. The fraction of sp³-hybridized carbons (Fsp3) is 0.273. The zero-order valence-corrected chi connectivity index (χ0v) is 16.8. The summed E-state index contributed by atoms with van der Waals surface area (Å²) in [6.45, 7) is 5.41. The van der Waals surface area contributed by atoms with Crippen molar-refractivity contribution in [2.45, 2.75) is 0 Å². The first kappa shape index (κ1) is 17.4. The van der Waals surface area contributed by atoms with Crippen molar-refractivity contribution in [2.24, 2.45) is 0 Å². The van der Waals surface area contributed by atoms with Crippen LogP contribution in [0.5, 0.6) is 0 Å². The third-order valence-electron chi connectivity index (χ3n) is 5.31. The molecule has 142 valence electrons. The van der Waals surface area contributed by atoms with Gasteiger partial charge in [-0.15, -0.1) is 9.24 Å². The summed E-state index contributed by atoms with van der Waals surface area (Å²) >= 11 is 0. The van der Waals surface area contributed by atoms with Gasteiger partial charge in [-0.05, 0) is 16.1 Å². The van der Waals surface area contributed by atoms with Crippen LogP contribution < -0.4 is 5.30 Å². The molecule has 4 aliphatic rings. The van der Waals surface area contributed by atoms with Gasteiger partial charge < -0.3 is 14.7 Å². The highest BCUT2D eigenvalue weighted by Crippen LogP contribution is 2.33. The molecule has 0 amide bonds. The summed E-state index contributed by atoms with van der Waals surface area (Å²) in [5.41, 5.74) is 1.89. The Balaban J connectivity index is 0.000000135. The maximum Gasteiger partial charge on any atom is 0.227 e. The van der Waals surface area contributed by atoms with Gasteiger partial charge in [0.1, 0.15) is 11.4 Å². The minimum absolute atomic E-state index is 0.00546. The van der Waals surface area contributed by atoms with Gasteiger partial charge >= 0.3 is 0 Å². The van der Waals surface area contributed by atoms with E-state index < -0.39 is 0 Å². The van der Waals surface area contributed by atoms with Crippen LogP contribution in [0, 0.1) is 0 Å². The number of carbonyl (C=O) groups is 2. The third-order valence-corrected chi connectivity index (χ3v) is 5.81. The quantitative estimate of drug-likeness (QED) is 0.451. The molecule has 3 saturated heterocycles. The summed E-state index contributed by atoms with van der Waals surface area (Å²) < 4.78 is 0. The van der Waals surface area contributed by atoms with E-state index in [9.17, 15) is 9.59 Å². The van der Waals surface area contributed by atoms with Crippen LogP contribution in [0.4, 0.5) is 0 Å². The van der Waals surface area contributed by atoms with Crippen LogP contribution in [0.2, 0.25) is 0 Å². The molecular formula is C22H22N3O2P. The van der Waals surface area contributed by atoms with Crippen molar-refractivity contribution in [1.82, 2.24) is 14.7 Å². The van der Waals surface area contributed by atoms with Gasteiger partial charge in [-0.1, -0.05) is 42.5 Å². The molecule has 1 aliphatic carbocycles. The number of benzene rings is 2. The highest BCUT2D eigenvalue weighted by atomic mass is 31.0. The summed E-state index contributed by atoms with van der Waals surface area (Å²) in [6, 6.07) is 14.7. The number of hydrogen-bond acceptors (Lipinski definition) is 5. The predicted molar refractivity (Wildman–Crippen MR) is 113 cm³/mol. The lowest BCUT2D eigenvalue weighted by Crippen LogP contribution is -2.29. The largest absolute Gasteiger partial charge is 0.365 e. The van der Waals surface area contributed by atoms with Gasteiger partial charge in [0.2, 0.25) is 11.6 Å². The van der Waals surface area contributed by atoms with Crippen molar-refractivity contribution < 1.29 is 9.59 Å². The van der Waals surface area contributed by atoms with E-state index in [1.807, 2.05) is 14.7 Å². The molecule has 0 spiro atoms. The van der Waals surface area contributed by atoms with Crippen LogP contribution in [0.15, 0.2) is 65.6 Å². The second-order valence-electron chi connectivity index (χ2n) is 7.45. The zero-order chi connectivity index (χ0) is 19.3. The molecule has 3 aliphatic heterocycles. The Morgan fingerprint density at radius 2 is 1.32 bits per heavy atom. The average Bonchev–Trinajstić information content (AvgIpc) is 3.57. The van der Waals surface area contributed by atoms with Crippen molar-refractivity contribution in [3.8, 4) is 0 Å². The van der Waals surface area contributed by atoms with E-state index in [-0.39, 0.29) is 11.6 Å². The Morgan fingerprint density at radius 1 is 0.714 bits per heavy atom.